The number of carbonyl (C=O) groups is 1. The van der Waals surface area contributed by atoms with Gasteiger partial charge in [-0.05, 0) is 93.6 Å². The lowest BCUT2D eigenvalue weighted by atomic mass is 9.80. The maximum atomic E-state index is 13.6. The highest BCUT2D eigenvalue weighted by atomic mass is 16.5. The van der Waals surface area contributed by atoms with Gasteiger partial charge >= 0.3 is 5.97 Å². The van der Waals surface area contributed by atoms with Crippen molar-refractivity contribution in [2.24, 2.45) is 7.05 Å². The van der Waals surface area contributed by atoms with Gasteiger partial charge in [0, 0.05) is 49.5 Å². The number of hydroxylamine groups is 2. The van der Waals surface area contributed by atoms with Crippen LogP contribution < -0.4 is 0 Å². The van der Waals surface area contributed by atoms with Gasteiger partial charge in [0.05, 0.1) is 27.6 Å². The Kier molecular flexibility index (Phi) is 8.65. The van der Waals surface area contributed by atoms with Gasteiger partial charge in [-0.15, -0.1) is 0 Å². The van der Waals surface area contributed by atoms with Gasteiger partial charge in [0.2, 0.25) is 0 Å². The molecule has 1 fully saturated rings. The third-order valence-corrected chi connectivity index (χ3v) is 10.3. The summed E-state index contributed by atoms with van der Waals surface area (Å²) in [6.45, 7) is 12.9. The average Bonchev–Trinajstić information content (AvgIpc) is 3.61. The molecular formula is C42H47N5O3. The number of benzene rings is 4. The second-order valence-corrected chi connectivity index (χ2v) is 15.1. The summed E-state index contributed by atoms with van der Waals surface area (Å²) in [6.07, 6.45) is 2.69. The van der Waals surface area contributed by atoms with E-state index in [1.807, 2.05) is 64.1 Å². The molecule has 2 aromatic heterocycles. The number of nitrogens with zero attached hydrogens (tertiary/aromatic N) is 5. The third-order valence-electron chi connectivity index (χ3n) is 10.3. The molecule has 50 heavy (non-hydrogen) atoms. The summed E-state index contributed by atoms with van der Waals surface area (Å²) in [4.78, 5) is 23.7. The number of ether oxygens (including phenoxy) is 1. The summed E-state index contributed by atoms with van der Waals surface area (Å²) >= 11 is 0. The van der Waals surface area contributed by atoms with Gasteiger partial charge in [-0.3, -0.25) is 0 Å². The minimum Gasteiger partial charge on any atom is -0.459 e. The molecule has 0 spiro atoms. The molecule has 3 heterocycles. The van der Waals surface area contributed by atoms with Crippen LogP contribution >= 0.6 is 0 Å². The predicted molar refractivity (Wildman–Crippen MR) is 199 cm³/mol. The van der Waals surface area contributed by atoms with E-state index in [4.69, 9.17) is 14.7 Å². The van der Waals surface area contributed by atoms with E-state index in [0.717, 1.165) is 74.4 Å². The number of fused-ring (bicyclic) bond motifs is 2. The Morgan fingerprint density at radius 1 is 0.880 bits per heavy atom. The van der Waals surface area contributed by atoms with Crippen molar-refractivity contribution < 1.29 is 14.7 Å². The van der Waals surface area contributed by atoms with E-state index in [0.29, 0.717) is 24.9 Å². The number of aromatic nitrogens is 4. The first-order valence-corrected chi connectivity index (χ1v) is 17.7. The highest BCUT2D eigenvalue weighted by Crippen LogP contribution is 2.39. The Bertz CT molecular complexity index is 2190. The van der Waals surface area contributed by atoms with Gasteiger partial charge in [-0.2, -0.15) is 5.06 Å². The van der Waals surface area contributed by atoms with Crippen LogP contribution in [0.3, 0.4) is 0 Å². The van der Waals surface area contributed by atoms with Crippen LogP contribution in [0.25, 0.3) is 44.6 Å². The SMILES string of the molecule is CCCc1nc2c(C)cc(-c3nc4ccccc4n3C)cc2n1Cc1ccc(-c2ccccc2C(=O)OC2CC(C)(C)N(O)C(C)(C)C2)cc1. The van der Waals surface area contributed by atoms with Crippen LogP contribution in [0.5, 0.6) is 0 Å². The number of hydrogen-bond acceptors (Lipinski definition) is 6. The van der Waals surface area contributed by atoms with E-state index < -0.39 is 11.1 Å². The fourth-order valence-corrected chi connectivity index (χ4v) is 7.93. The molecule has 0 radical (unpaired) electrons. The molecule has 4 aromatic carbocycles. The number of para-hydroxylation sites is 2. The van der Waals surface area contributed by atoms with Gasteiger partial charge in [0.1, 0.15) is 17.8 Å². The topological polar surface area (TPSA) is 85.4 Å². The molecule has 8 heteroatoms. The summed E-state index contributed by atoms with van der Waals surface area (Å²) in [6, 6.07) is 28.8. The minimum atomic E-state index is -0.507. The number of rotatable bonds is 8. The highest BCUT2D eigenvalue weighted by molar-refractivity contribution is 5.97. The van der Waals surface area contributed by atoms with Gasteiger partial charge in [0.25, 0.3) is 0 Å². The zero-order valence-electron chi connectivity index (χ0n) is 30.2. The monoisotopic (exact) mass is 669 g/mol. The number of carbonyl (C=O) groups excluding carboxylic acids is 1. The molecule has 1 aliphatic heterocycles. The lowest BCUT2D eigenvalue weighted by molar-refractivity contribution is -0.256. The Morgan fingerprint density at radius 2 is 1.56 bits per heavy atom. The van der Waals surface area contributed by atoms with E-state index in [2.05, 4.69) is 78.6 Å². The first-order chi connectivity index (χ1) is 23.9. The van der Waals surface area contributed by atoms with Crippen LogP contribution in [-0.2, 0) is 24.8 Å². The second-order valence-electron chi connectivity index (χ2n) is 15.1. The van der Waals surface area contributed by atoms with E-state index in [1.165, 1.54) is 5.06 Å². The number of hydrogen-bond donors (Lipinski definition) is 1. The largest absolute Gasteiger partial charge is 0.459 e. The molecule has 1 N–H and O–H groups in total. The van der Waals surface area contributed by atoms with Crippen molar-refractivity contribution in [3.05, 3.63) is 107 Å². The molecule has 0 aliphatic carbocycles. The lowest BCUT2D eigenvalue weighted by Crippen LogP contribution is -2.60. The maximum Gasteiger partial charge on any atom is 0.339 e. The van der Waals surface area contributed by atoms with E-state index in [9.17, 15) is 10.0 Å². The smallest absolute Gasteiger partial charge is 0.339 e. The van der Waals surface area contributed by atoms with Crippen molar-refractivity contribution in [3.63, 3.8) is 0 Å². The van der Waals surface area contributed by atoms with Crippen molar-refractivity contribution in [3.8, 4) is 22.5 Å². The first kappa shape index (κ1) is 33.7. The molecule has 258 valence electrons. The Morgan fingerprint density at radius 3 is 2.26 bits per heavy atom. The summed E-state index contributed by atoms with van der Waals surface area (Å²) in [5.74, 6) is 1.67. The first-order valence-electron chi connectivity index (χ1n) is 17.7. The molecule has 1 saturated heterocycles. The van der Waals surface area contributed by atoms with Crippen LogP contribution in [-0.4, -0.2) is 52.5 Å². The Labute approximate surface area is 294 Å². The summed E-state index contributed by atoms with van der Waals surface area (Å²) in [5.41, 5.74) is 8.89. The lowest BCUT2D eigenvalue weighted by Gasteiger charge is -2.50. The van der Waals surface area contributed by atoms with Gasteiger partial charge in [-0.25, -0.2) is 14.8 Å². The van der Waals surface area contributed by atoms with Gasteiger partial charge in [-0.1, -0.05) is 61.5 Å². The standard InChI is InChI=1S/C42H47N5O3/c1-8-13-37-44-38-27(2)22-30(39-43-34-16-11-12-17-35(34)45(39)7)23-36(38)46(37)26-28-18-20-29(21-19-28)32-14-9-10-15-33(32)40(48)50-31-24-41(3,4)47(49)42(5,6)25-31/h9-12,14-23,31,49H,8,13,24-26H2,1-7H3. The maximum absolute atomic E-state index is 13.6. The molecule has 1 aliphatic rings. The zero-order chi connectivity index (χ0) is 35.4. The molecule has 0 bridgehead atoms. The molecule has 7 rings (SSSR count). The van der Waals surface area contributed by atoms with Crippen molar-refractivity contribution in [2.75, 3.05) is 0 Å². The van der Waals surface area contributed by atoms with Crippen molar-refractivity contribution in [1.29, 1.82) is 0 Å². The van der Waals surface area contributed by atoms with Crippen LogP contribution in [0.15, 0.2) is 84.9 Å². The molecule has 0 unspecified atom stereocenters. The van der Waals surface area contributed by atoms with E-state index in [1.54, 1.807) is 0 Å². The molecular weight excluding hydrogens is 622 g/mol. The third kappa shape index (κ3) is 6.11. The van der Waals surface area contributed by atoms with Crippen molar-refractivity contribution >= 4 is 28.0 Å². The fraction of sp³-hybridized carbons (Fsp3) is 0.357. The summed E-state index contributed by atoms with van der Waals surface area (Å²) < 4.78 is 10.6. The van der Waals surface area contributed by atoms with Crippen LogP contribution in [0, 0.1) is 6.92 Å². The van der Waals surface area contributed by atoms with Crippen molar-refractivity contribution in [1.82, 2.24) is 24.2 Å². The minimum absolute atomic E-state index is 0.297. The molecule has 0 atom stereocenters. The molecule has 6 aromatic rings. The van der Waals surface area contributed by atoms with Gasteiger partial charge < -0.3 is 19.1 Å². The highest BCUT2D eigenvalue weighted by Gasteiger charge is 2.46. The summed E-state index contributed by atoms with van der Waals surface area (Å²) in [7, 11) is 2.07. The quantitative estimate of drug-likeness (QED) is 0.163. The number of aryl methyl sites for hydroxylation is 3. The zero-order valence-corrected chi connectivity index (χ0v) is 30.2. The number of esters is 1. The average molecular weight is 670 g/mol. The van der Waals surface area contributed by atoms with Crippen molar-refractivity contribution in [2.45, 2.75) is 91.0 Å². The second kappa shape index (κ2) is 12.8. The predicted octanol–water partition coefficient (Wildman–Crippen LogP) is 9.13. The normalized spacial score (nSPS) is 16.3. The van der Waals surface area contributed by atoms with E-state index >= 15 is 0 Å². The Hall–Kier alpha value is -4.79. The fourth-order valence-electron chi connectivity index (χ4n) is 7.93. The van der Waals surface area contributed by atoms with Gasteiger partial charge in [0.15, 0.2) is 0 Å². The Balaban J connectivity index is 1.18. The number of piperidine rings is 1. The number of imidazole rings is 2. The molecule has 8 nitrogen and oxygen atoms in total. The molecule has 0 amide bonds. The van der Waals surface area contributed by atoms with Crippen LogP contribution in [0.1, 0.15) is 81.2 Å². The van der Waals surface area contributed by atoms with Crippen LogP contribution in [0.4, 0.5) is 0 Å². The van der Waals surface area contributed by atoms with E-state index in [-0.39, 0.29) is 12.1 Å². The summed E-state index contributed by atoms with van der Waals surface area (Å²) in [5, 5.41) is 12.1. The molecule has 0 saturated carbocycles. The van der Waals surface area contributed by atoms with Crippen LogP contribution in [0.2, 0.25) is 0 Å².